The van der Waals surface area contributed by atoms with E-state index in [2.05, 4.69) is 15.3 Å². The van der Waals surface area contributed by atoms with Crippen molar-refractivity contribution in [3.63, 3.8) is 0 Å². The van der Waals surface area contributed by atoms with Crippen molar-refractivity contribution in [3.05, 3.63) is 18.2 Å². The molecule has 0 bridgehead atoms. The van der Waals surface area contributed by atoms with Crippen LogP contribution in [0.3, 0.4) is 0 Å². The second-order valence-corrected chi connectivity index (χ2v) is 4.20. The molecule has 1 saturated carbocycles. The molecule has 1 heterocycles. The summed E-state index contributed by atoms with van der Waals surface area (Å²) in [4.78, 5) is 18.7. The third-order valence-electron chi connectivity index (χ3n) is 2.96. The first-order valence-electron chi connectivity index (χ1n) is 5.53. The zero-order valence-corrected chi connectivity index (χ0v) is 8.99. The van der Waals surface area contributed by atoms with Gasteiger partial charge in [-0.3, -0.25) is 4.79 Å². The number of carbonyl (C=O) groups excluding carboxylic acids is 1. The molecule has 4 heteroatoms. The fourth-order valence-electron chi connectivity index (χ4n) is 1.71. The van der Waals surface area contributed by atoms with Crippen LogP contribution in [0.4, 0.5) is 0 Å². The number of hydrogen-bond acceptors (Lipinski definition) is 2. The first-order chi connectivity index (χ1) is 7.27. The summed E-state index contributed by atoms with van der Waals surface area (Å²) in [6.45, 7) is 2.68. The minimum Gasteiger partial charge on any atom is -0.355 e. The molecule has 4 nitrogen and oxygen atoms in total. The van der Waals surface area contributed by atoms with Gasteiger partial charge in [0.05, 0.1) is 0 Å². The normalized spacial score (nSPS) is 17.4. The van der Waals surface area contributed by atoms with Crippen LogP contribution in [-0.4, -0.2) is 22.4 Å². The average Bonchev–Trinajstić information content (AvgIpc) is 2.96. The second-order valence-electron chi connectivity index (χ2n) is 4.20. The summed E-state index contributed by atoms with van der Waals surface area (Å²) in [5.74, 6) is 1.92. The van der Waals surface area contributed by atoms with E-state index in [0.717, 1.165) is 12.2 Å². The third-order valence-corrected chi connectivity index (χ3v) is 2.96. The molecule has 1 unspecified atom stereocenters. The summed E-state index contributed by atoms with van der Waals surface area (Å²) < 4.78 is 0. The molecule has 0 aromatic carbocycles. The van der Waals surface area contributed by atoms with Crippen molar-refractivity contribution >= 4 is 5.91 Å². The SMILES string of the molecule is CC(C(=O)NCCc1ncc[nH]1)C1CC1. The predicted molar refractivity (Wildman–Crippen MR) is 57.2 cm³/mol. The van der Waals surface area contributed by atoms with Crippen LogP contribution in [-0.2, 0) is 11.2 Å². The van der Waals surface area contributed by atoms with E-state index in [1.54, 1.807) is 12.4 Å². The molecule has 1 aromatic rings. The van der Waals surface area contributed by atoms with Gasteiger partial charge in [0.25, 0.3) is 0 Å². The van der Waals surface area contributed by atoms with Gasteiger partial charge in [0.15, 0.2) is 0 Å². The van der Waals surface area contributed by atoms with E-state index in [4.69, 9.17) is 0 Å². The summed E-state index contributed by atoms with van der Waals surface area (Å²) in [5.41, 5.74) is 0. The van der Waals surface area contributed by atoms with Gasteiger partial charge in [-0.2, -0.15) is 0 Å². The molecule has 0 saturated heterocycles. The maximum Gasteiger partial charge on any atom is 0.223 e. The number of aromatic amines is 1. The molecular formula is C11H17N3O. The third kappa shape index (κ3) is 2.81. The number of H-pyrrole nitrogens is 1. The van der Waals surface area contributed by atoms with E-state index in [1.807, 2.05) is 6.92 Å². The Bertz CT molecular complexity index is 317. The number of nitrogens with zero attached hydrogens (tertiary/aromatic N) is 1. The molecule has 1 aromatic heterocycles. The van der Waals surface area contributed by atoms with Crippen molar-refractivity contribution in [3.8, 4) is 0 Å². The van der Waals surface area contributed by atoms with Crippen LogP contribution >= 0.6 is 0 Å². The summed E-state index contributed by atoms with van der Waals surface area (Å²) in [6.07, 6.45) is 6.73. The molecule has 1 amide bonds. The maximum atomic E-state index is 11.6. The highest BCUT2D eigenvalue weighted by Gasteiger charge is 2.32. The van der Waals surface area contributed by atoms with Gasteiger partial charge in [-0.15, -0.1) is 0 Å². The monoisotopic (exact) mass is 207 g/mol. The highest BCUT2D eigenvalue weighted by molar-refractivity contribution is 5.78. The van der Waals surface area contributed by atoms with Gasteiger partial charge in [0, 0.05) is 31.3 Å². The summed E-state index contributed by atoms with van der Waals surface area (Å²) >= 11 is 0. The van der Waals surface area contributed by atoms with E-state index in [1.165, 1.54) is 12.8 Å². The van der Waals surface area contributed by atoms with Gasteiger partial charge in [-0.05, 0) is 18.8 Å². The molecule has 0 aliphatic heterocycles. The van der Waals surface area contributed by atoms with Crippen molar-refractivity contribution in [2.24, 2.45) is 11.8 Å². The van der Waals surface area contributed by atoms with Crippen LogP contribution < -0.4 is 5.32 Å². The Balaban J connectivity index is 1.67. The van der Waals surface area contributed by atoms with Crippen LogP contribution in [0.2, 0.25) is 0 Å². The standard InChI is InChI=1S/C11H17N3O/c1-8(9-2-3-9)11(15)14-5-4-10-12-6-7-13-10/h6-9H,2-5H2,1H3,(H,12,13)(H,14,15). The summed E-state index contributed by atoms with van der Waals surface area (Å²) in [7, 11) is 0. The number of imidazole rings is 1. The lowest BCUT2D eigenvalue weighted by Gasteiger charge is -2.10. The molecule has 0 radical (unpaired) electrons. The van der Waals surface area contributed by atoms with Gasteiger partial charge < -0.3 is 10.3 Å². The Morgan fingerprint density at radius 3 is 3.13 bits per heavy atom. The minimum atomic E-state index is 0.182. The lowest BCUT2D eigenvalue weighted by Crippen LogP contribution is -2.31. The van der Waals surface area contributed by atoms with Gasteiger partial charge in [0.1, 0.15) is 5.82 Å². The quantitative estimate of drug-likeness (QED) is 0.760. The molecule has 0 spiro atoms. The van der Waals surface area contributed by atoms with Crippen molar-refractivity contribution in [2.45, 2.75) is 26.2 Å². The lowest BCUT2D eigenvalue weighted by atomic mass is 10.1. The van der Waals surface area contributed by atoms with E-state index in [0.29, 0.717) is 12.5 Å². The smallest absolute Gasteiger partial charge is 0.223 e. The van der Waals surface area contributed by atoms with Crippen LogP contribution in [0, 0.1) is 11.8 Å². The molecule has 15 heavy (non-hydrogen) atoms. The second kappa shape index (κ2) is 4.47. The largest absolute Gasteiger partial charge is 0.355 e. The number of rotatable bonds is 5. The van der Waals surface area contributed by atoms with Gasteiger partial charge in [0.2, 0.25) is 5.91 Å². The van der Waals surface area contributed by atoms with E-state index in [-0.39, 0.29) is 11.8 Å². The molecule has 1 fully saturated rings. The Kier molecular flexibility index (Phi) is 3.04. The Labute approximate surface area is 89.5 Å². The maximum absolute atomic E-state index is 11.6. The van der Waals surface area contributed by atoms with E-state index < -0.39 is 0 Å². The number of carbonyl (C=O) groups is 1. The minimum absolute atomic E-state index is 0.182. The molecule has 1 atom stereocenters. The Morgan fingerprint density at radius 1 is 1.73 bits per heavy atom. The van der Waals surface area contributed by atoms with Gasteiger partial charge in [-0.25, -0.2) is 4.98 Å². The molecule has 2 N–H and O–H groups in total. The molecule has 1 aliphatic rings. The number of amides is 1. The first kappa shape index (κ1) is 10.2. The molecule has 1 aliphatic carbocycles. The average molecular weight is 207 g/mol. The summed E-state index contributed by atoms with van der Waals surface area (Å²) in [5, 5.41) is 2.94. The number of nitrogens with one attached hydrogen (secondary N) is 2. The highest BCUT2D eigenvalue weighted by Crippen LogP contribution is 2.36. The van der Waals surface area contributed by atoms with Crippen molar-refractivity contribution in [1.29, 1.82) is 0 Å². The zero-order valence-electron chi connectivity index (χ0n) is 8.99. The topological polar surface area (TPSA) is 57.8 Å². The van der Waals surface area contributed by atoms with Gasteiger partial charge in [-0.1, -0.05) is 6.92 Å². The van der Waals surface area contributed by atoms with Crippen LogP contribution in [0.5, 0.6) is 0 Å². The van der Waals surface area contributed by atoms with Crippen LogP contribution in [0.15, 0.2) is 12.4 Å². The Morgan fingerprint density at radius 2 is 2.53 bits per heavy atom. The fourth-order valence-corrected chi connectivity index (χ4v) is 1.71. The Hall–Kier alpha value is -1.32. The van der Waals surface area contributed by atoms with E-state index >= 15 is 0 Å². The van der Waals surface area contributed by atoms with Crippen molar-refractivity contribution in [1.82, 2.24) is 15.3 Å². The predicted octanol–water partition coefficient (Wildman–Crippen LogP) is 1.11. The van der Waals surface area contributed by atoms with E-state index in [9.17, 15) is 4.79 Å². The first-order valence-corrected chi connectivity index (χ1v) is 5.53. The lowest BCUT2D eigenvalue weighted by molar-refractivity contribution is -0.125. The molecule has 82 valence electrons. The molecule has 2 rings (SSSR count). The van der Waals surface area contributed by atoms with Crippen LogP contribution in [0.1, 0.15) is 25.6 Å². The fraction of sp³-hybridized carbons (Fsp3) is 0.636. The summed E-state index contributed by atoms with van der Waals surface area (Å²) in [6, 6.07) is 0. The molecular weight excluding hydrogens is 190 g/mol. The van der Waals surface area contributed by atoms with Crippen molar-refractivity contribution < 1.29 is 4.79 Å². The zero-order chi connectivity index (χ0) is 10.7. The number of aromatic nitrogens is 2. The van der Waals surface area contributed by atoms with Gasteiger partial charge >= 0.3 is 0 Å². The van der Waals surface area contributed by atoms with Crippen molar-refractivity contribution in [2.75, 3.05) is 6.54 Å². The number of hydrogen-bond donors (Lipinski definition) is 2. The van der Waals surface area contributed by atoms with Crippen LogP contribution in [0.25, 0.3) is 0 Å². The highest BCUT2D eigenvalue weighted by atomic mass is 16.1.